The van der Waals surface area contributed by atoms with Crippen LogP contribution in [0.5, 0.6) is 5.75 Å². The zero-order valence-corrected chi connectivity index (χ0v) is 21.6. The van der Waals surface area contributed by atoms with E-state index in [-0.39, 0.29) is 29.8 Å². The summed E-state index contributed by atoms with van der Waals surface area (Å²) in [6, 6.07) is 18.0. The van der Waals surface area contributed by atoms with E-state index in [1.165, 1.54) is 35.9 Å². The monoisotopic (exact) mass is 511 g/mol. The number of hydrogen-bond donors (Lipinski definition) is 2. The Balaban J connectivity index is 1.87. The Labute approximate surface area is 213 Å². The highest BCUT2D eigenvalue weighted by atomic mass is 32.2. The second-order valence-corrected chi connectivity index (χ2v) is 10.9. The first-order valence-corrected chi connectivity index (χ1v) is 13.2. The van der Waals surface area contributed by atoms with Gasteiger partial charge < -0.3 is 15.2 Å². The molecule has 1 amide bonds. The molecule has 2 aromatic carbocycles. The standard InChI is InChI=1S/C27H33N3O5S/c1-20(2)18-30(36(33,34)24-11-9-23(35-3)10-12-24)19-26(31)25(17-21-7-5-4-6-8-21)29-27(32)22-13-15-28-16-14-22/h4-16,20,25-26,31H,17-19H2,1-3H3,(H,29,32)/t25-,26?/m0/s1. The van der Waals surface area contributed by atoms with E-state index in [1.807, 2.05) is 44.2 Å². The van der Waals surface area contributed by atoms with Crippen LogP contribution in [0.1, 0.15) is 29.8 Å². The van der Waals surface area contributed by atoms with Crippen molar-refractivity contribution >= 4 is 15.9 Å². The van der Waals surface area contributed by atoms with Crippen LogP contribution >= 0.6 is 0 Å². The molecule has 0 aliphatic carbocycles. The van der Waals surface area contributed by atoms with E-state index < -0.39 is 22.2 Å². The molecule has 1 aromatic heterocycles. The molecule has 0 radical (unpaired) electrons. The van der Waals surface area contributed by atoms with Gasteiger partial charge in [0.15, 0.2) is 0 Å². The summed E-state index contributed by atoms with van der Waals surface area (Å²) in [5.41, 5.74) is 1.31. The molecule has 2 atom stereocenters. The summed E-state index contributed by atoms with van der Waals surface area (Å²) in [5, 5.41) is 14.2. The van der Waals surface area contributed by atoms with Gasteiger partial charge in [-0.2, -0.15) is 4.31 Å². The van der Waals surface area contributed by atoms with Crippen LogP contribution in [0.4, 0.5) is 0 Å². The van der Waals surface area contributed by atoms with Gasteiger partial charge in [-0.15, -0.1) is 0 Å². The van der Waals surface area contributed by atoms with Gasteiger partial charge in [-0.25, -0.2) is 8.42 Å². The predicted octanol–water partition coefficient (Wildman–Crippen LogP) is 3.14. The second-order valence-electron chi connectivity index (χ2n) is 8.96. The van der Waals surface area contributed by atoms with E-state index >= 15 is 0 Å². The lowest BCUT2D eigenvalue weighted by Gasteiger charge is -2.30. The molecular weight excluding hydrogens is 478 g/mol. The Morgan fingerprint density at radius 1 is 1.00 bits per heavy atom. The van der Waals surface area contributed by atoms with Crippen molar-refractivity contribution in [1.82, 2.24) is 14.6 Å². The molecule has 1 unspecified atom stereocenters. The number of ether oxygens (including phenoxy) is 1. The maximum Gasteiger partial charge on any atom is 0.251 e. The van der Waals surface area contributed by atoms with E-state index in [2.05, 4.69) is 10.3 Å². The third-order valence-corrected chi connectivity index (χ3v) is 7.52. The summed E-state index contributed by atoms with van der Waals surface area (Å²) in [4.78, 5) is 16.9. The number of hydrogen-bond acceptors (Lipinski definition) is 6. The highest BCUT2D eigenvalue weighted by molar-refractivity contribution is 7.89. The van der Waals surface area contributed by atoms with Gasteiger partial charge in [0.2, 0.25) is 10.0 Å². The minimum atomic E-state index is -3.91. The molecule has 192 valence electrons. The van der Waals surface area contributed by atoms with Gasteiger partial charge in [-0.1, -0.05) is 44.2 Å². The first kappa shape index (κ1) is 27.3. The topological polar surface area (TPSA) is 109 Å². The van der Waals surface area contributed by atoms with Crippen LogP contribution in [0.25, 0.3) is 0 Å². The second kappa shape index (κ2) is 12.6. The number of aliphatic hydroxyl groups is 1. The molecule has 3 aromatic rings. The van der Waals surface area contributed by atoms with Crippen molar-refractivity contribution in [2.24, 2.45) is 5.92 Å². The molecule has 1 heterocycles. The molecule has 8 nitrogen and oxygen atoms in total. The molecule has 0 fully saturated rings. The molecule has 0 aliphatic heterocycles. The van der Waals surface area contributed by atoms with E-state index in [0.717, 1.165) is 5.56 Å². The van der Waals surface area contributed by atoms with E-state index in [4.69, 9.17) is 4.74 Å². The zero-order valence-electron chi connectivity index (χ0n) is 20.7. The van der Waals surface area contributed by atoms with Gasteiger partial charge >= 0.3 is 0 Å². The normalized spacial score (nSPS) is 13.4. The quantitative estimate of drug-likeness (QED) is 0.387. The van der Waals surface area contributed by atoms with Crippen LogP contribution in [0.3, 0.4) is 0 Å². The van der Waals surface area contributed by atoms with Crippen LogP contribution in [0, 0.1) is 5.92 Å². The maximum absolute atomic E-state index is 13.5. The highest BCUT2D eigenvalue weighted by Gasteiger charge is 2.31. The number of aliphatic hydroxyl groups excluding tert-OH is 1. The number of pyridine rings is 1. The minimum Gasteiger partial charge on any atom is -0.497 e. The summed E-state index contributed by atoms with van der Waals surface area (Å²) in [7, 11) is -2.39. The van der Waals surface area contributed by atoms with Crippen LogP contribution in [-0.2, 0) is 16.4 Å². The number of aromatic nitrogens is 1. The first-order chi connectivity index (χ1) is 17.2. The summed E-state index contributed by atoms with van der Waals surface area (Å²) in [6.45, 7) is 3.85. The summed E-state index contributed by atoms with van der Waals surface area (Å²) >= 11 is 0. The molecule has 36 heavy (non-hydrogen) atoms. The fraction of sp³-hybridized carbons (Fsp3) is 0.333. The number of carbonyl (C=O) groups is 1. The minimum absolute atomic E-state index is 0.0178. The van der Waals surface area contributed by atoms with Gasteiger partial charge in [0.05, 0.1) is 24.2 Å². The zero-order chi connectivity index (χ0) is 26.1. The van der Waals surface area contributed by atoms with Gasteiger partial charge in [-0.3, -0.25) is 9.78 Å². The number of carbonyl (C=O) groups excluding carboxylic acids is 1. The number of nitrogens with one attached hydrogen (secondary N) is 1. The lowest BCUT2D eigenvalue weighted by molar-refractivity contribution is 0.0775. The lowest BCUT2D eigenvalue weighted by atomic mass is 10.0. The Morgan fingerprint density at radius 3 is 2.22 bits per heavy atom. The van der Waals surface area contributed by atoms with Crippen molar-refractivity contribution in [3.8, 4) is 5.75 Å². The average Bonchev–Trinajstić information content (AvgIpc) is 2.88. The van der Waals surface area contributed by atoms with Crippen LogP contribution in [0.2, 0.25) is 0 Å². The summed E-state index contributed by atoms with van der Waals surface area (Å²) < 4.78 is 33.4. The van der Waals surface area contributed by atoms with Crippen molar-refractivity contribution in [2.75, 3.05) is 20.2 Å². The summed E-state index contributed by atoms with van der Waals surface area (Å²) in [5.74, 6) is 0.196. The number of methoxy groups -OCH3 is 1. The molecule has 0 bridgehead atoms. The number of amides is 1. The number of sulfonamides is 1. The lowest BCUT2D eigenvalue weighted by Crippen LogP contribution is -2.51. The van der Waals surface area contributed by atoms with Crippen molar-refractivity contribution < 1.29 is 23.1 Å². The Morgan fingerprint density at radius 2 is 1.64 bits per heavy atom. The third kappa shape index (κ3) is 7.36. The Hall–Kier alpha value is -3.27. The molecule has 3 rings (SSSR count). The summed E-state index contributed by atoms with van der Waals surface area (Å²) in [6.07, 6.45) is 2.20. The SMILES string of the molecule is COc1ccc(S(=O)(=O)N(CC(C)C)CC(O)[C@H](Cc2ccccc2)NC(=O)c2ccncc2)cc1. The van der Waals surface area contributed by atoms with Crippen molar-refractivity contribution in [3.63, 3.8) is 0 Å². The van der Waals surface area contributed by atoms with Crippen LogP contribution in [-0.4, -0.2) is 61.1 Å². The Kier molecular flexibility index (Phi) is 9.58. The molecule has 0 spiro atoms. The fourth-order valence-electron chi connectivity index (χ4n) is 3.82. The number of nitrogens with zero attached hydrogens (tertiary/aromatic N) is 2. The molecule has 9 heteroatoms. The van der Waals surface area contributed by atoms with Gasteiger partial charge in [0.1, 0.15) is 5.75 Å². The van der Waals surface area contributed by atoms with Crippen LogP contribution < -0.4 is 10.1 Å². The van der Waals surface area contributed by atoms with Gasteiger partial charge in [-0.05, 0) is 54.3 Å². The Bertz CT molecular complexity index is 1200. The number of rotatable bonds is 12. The number of benzene rings is 2. The molecular formula is C27H33N3O5S. The van der Waals surface area contributed by atoms with Crippen molar-refractivity contribution in [2.45, 2.75) is 37.3 Å². The first-order valence-electron chi connectivity index (χ1n) is 11.8. The van der Waals surface area contributed by atoms with E-state index in [9.17, 15) is 18.3 Å². The van der Waals surface area contributed by atoms with Crippen molar-refractivity contribution in [3.05, 3.63) is 90.3 Å². The highest BCUT2D eigenvalue weighted by Crippen LogP contribution is 2.22. The molecule has 0 aliphatic rings. The predicted molar refractivity (Wildman–Crippen MR) is 138 cm³/mol. The molecule has 0 saturated carbocycles. The van der Waals surface area contributed by atoms with Crippen LogP contribution in [0.15, 0.2) is 84.0 Å². The largest absolute Gasteiger partial charge is 0.497 e. The van der Waals surface area contributed by atoms with Gasteiger partial charge in [0.25, 0.3) is 5.91 Å². The molecule has 0 saturated heterocycles. The molecule has 2 N–H and O–H groups in total. The average molecular weight is 512 g/mol. The fourth-order valence-corrected chi connectivity index (χ4v) is 5.44. The van der Waals surface area contributed by atoms with E-state index in [0.29, 0.717) is 17.7 Å². The van der Waals surface area contributed by atoms with Crippen molar-refractivity contribution in [1.29, 1.82) is 0 Å². The van der Waals surface area contributed by atoms with E-state index in [1.54, 1.807) is 24.3 Å². The van der Waals surface area contributed by atoms with Gasteiger partial charge in [0, 0.05) is 31.0 Å². The maximum atomic E-state index is 13.5. The smallest absolute Gasteiger partial charge is 0.251 e. The third-order valence-electron chi connectivity index (χ3n) is 5.68.